The van der Waals surface area contributed by atoms with E-state index in [1.165, 1.54) is 12.5 Å². The van der Waals surface area contributed by atoms with Crippen LogP contribution >= 0.6 is 0 Å². The van der Waals surface area contributed by atoms with Crippen molar-refractivity contribution in [2.75, 3.05) is 11.4 Å². The monoisotopic (exact) mass is 355 g/mol. The summed E-state index contributed by atoms with van der Waals surface area (Å²) in [5, 5.41) is 2.70. The Labute approximate surface area is 151 Å². The molecule has 2 aromatic rings. The number of carbonyl (C=O) groups is 3. The van der Waals surface area contributed by atoms with Crippen LogP contribution in [0.2, 0.25) is 0 Å². The maximum Gasteiger partial charge on any atom is 0.254 e. The topological polar surface area (TPSA) is 106 Å². The van der Waals surface area contributed by atoms with Gasteiger partial charge < -0.3 is 20.4 Å². The van der Waals surface area contributed by atoms with Gasteiger partial charge in [0, 0.05) is 24.7 Å². The van der Waals surface area contributed by atoms with Gasteiger partial charge in [0.2, 0.25) is 11.8 Å². The second kappa shape index (κ2) is 7.43. The Morgan fingerprint density at radius 2 is 2.04 bits per heavy atom. The fraction of sp³-hybridized carbons (Fsp3) is 0.316. The van der Waals surface area contributed by atoms with E-state index in [0.717, 1.165) is 5.56 Å². The number of anilines is 1. The van der Waals surface area contributed by atoms with Gasteiger partial charge in [-0.25, -0.2) is 0 Å². The Morgan fingerprint density at radius 3 is 2.73 bits per heavy atom. The fourth-order valence-electron chi connectivity index (χ4n) is 3.36. The molecule has 2 atom stereocenters. The summed E-state index contributed by atoms with van der Waals surface area (Å²) in [6.45, 7) is 2.11. The van der Waals surface area contributed by atoms with E-state index in [1.54, 1.807) is 11.0 Å². The Morgan fingerprint density at radius 1 is 1.27 bits per heavy atom. The van der Waals surface area contributed by atoms with Gasteiger partial charge in [0.25, 0.3) is 5.91 Å². The lowest BCUT2D eigenvalue weighted by atomic mass is 9.85. The maximum atomic E-state index is 12.8. The van der Waals surface area contributed by atoms with Gasteiger partial charge >= 0.3 is 0 Å². The molecule has 1 aliphatic rings. The normalized spacial score (nSPS) is 18.9. The van der Waals surface area contributed by atoms with E-state index >= 15 is 0 Å². The molecule has 0 saturated heterocycles. The van der Waals surface area contributed by atoms with Crippen molar-refractivity contribution in [3.05, 3.63) is 54.0 Å². The smallest absolute Gasteiger partial charge is 0.254 e. The van der Waals surface area contributed by atoms with Crippen LogP contribution in [0, 0.1) is 0 Å². The van der Waals surface area contributed by atoms with Crippen LogP contribution in [-0.2, 0) is 9.59 Å². The van der Waals surface area contributed by atoms with Gasteiger partial charge in [0.15, 0.2) is 0 Å². The number of rotatable bonds is 5. The van der Waals surface area contributed by atoms with Gasteiger partial charge in [0.05, 0.1) is 17.7 Å². The van der Waals surface area contributed by atoms with Crippen LogP contribution in [0.3, 0.4) is 0 Å². The van der Waals surface area contributed by atoms with Gasteiger partial charge in [-0.1, -0.05) is 18.2 Å². The van der Waals surface area contributed by atoms with Crippen molar-refractivity contribution in [1.82, 2.24) is 5.32 Å². The molecule has 0 radical (unpaired) electrons. The van der Waals surface area contributed by atoms with Gasteiger partial charge in [-0.2, -0.15) is 0 Å². The van der Waals surface area contributed by atoms with Crippen molar-refractivity contribution < 1.29 is 18.8 Å². The predicted octanol–water partition coefficient (Wildman–Crippen LogP) is 1.79. The number of primary amides is 1. The summed E-state index contributed by atoms with van der Waals surface area (Å²) in [6, 6.07) is 8.72. The molecule has 26 heavy (non-hydrogen) atoms. The van der Waals surface area contributed by atoms with E-state index < -0.39 is 5.92 Å². The van der Waals surface area contributed by atoms with Crippen molar-refractivity contribution >= 4 is 23.4 Å². The zero-order valence-corrected chi connectivity index (χ0v) is 14.5. The highest BCUT2D eigenvalue weighted by atomic mass is 16.3. The molecule has 0 fully saturated rings. The van der Waals surface area contributed by atoms with Crippen LogP contribution < -0.4 is 16.0 Å². The van der Waals surface area contributed by atoms with Crippen LogP contribution in [0.4, 0.5) is 5.69 Å². The van der Waals surface area contributed by atoms with Crippen molar-refractivity contribution in [1.29, 1.82) is 0 Å². The molecule has 0 spiro atoms. The molecule has 0 saturated carbocycles. The molecular formula is C19H21N3O4. The summed E-state index contributed by atoms with van der Waals surface area (Å²) in [6.07, 6.45) is 3.41. The molecule has 0 aliphatic carbocycles. The number of fused-ring (bicyclic) bond motifs is 1. The molecule has 0 unspecified atom stereocenters. The lowest BCUT2D eigenvalue weighted by molar-refractivity contribution is -0.121. The van der Waals surface area contributed by atoms with Gasteiger partial charge in [-0.15, -0.1) is 0 Å². The number of furan rings is 1. The molecule has 7 nitrogen and oxygen atoms in total. The van der Waals surface area contributed by atoms with Crippen molar-refractivity contribution in [2.24, 2.45) is 5.73 Å². The number of nitrogens with two attached hydrogens (primary N) is 1. The predicted molar refractivity (Wildman–Crippen MR) is 95.6 cm³/mol. The number of benzene rings is 1. The molecule has 1 aliphatic heterocycles. The third kappa shape index (κ3) is 3.46. The van der Waals surface area contributed by atoms with Gasteiger partial charge in [-0.3, -0.25) is 14.4 Å². The minimum Gasteiger partial charge on any atom is -0.472 e. The molecular weight excluding hydrogens is 334 g/mol. The Kier molecular flexibility index (Phi) is 5.06. The quantitative estimate of drug-likeness (QED) is 0.853. The second-order valence-electron chi connectivity index (χ2n) is 6.38. The molecule has 7 heteroatoms. The molecule has 136 valence electrons. The number of hydrogen-bond donors (Lipinski definition) is 2. The van der Waals surface area contributed by atoms with Crippen molar-refractivity contribution in [3.8, 4) is 0 Å². The van der Waals surface area contributed by atoms with Gasteiger partial charge in [-0.05, 0) is 31.0 Å². The highest BCUT2D eigenvalue weighted by Gasteiger charge is 2.35. The lowest BCUT2D eigenvalue weighted by Crippen LogP contribution is -2.46. The molecule has 3 amide bonds. The van der Waals surface area contributed by atoms with Crippen LogP contribution in [0.25, 0.3) is 0 Å². The molecule has 3 rings (SSSR count). The third-order valence-corrected chi connectivity index (χ3v) is 4.61. The fourth-order valence-corrected chi connectivity index (χ4v) is 3.36. The van der Waals surface area contributed by atoms with E-state index in [-0.39, 0.29) is 36.7 Å². The maximum absolute atomic E-state index is 12.8. The summed E-state index contributed by atoms with van der Waals surface area (Å²) in [5.74, 6) is -1.18. The first-order valence-corrected chi connectivity index (χ1v) is 8.49. The van der Waals surface area contributed by atoms with E-state index in [0.29, 0.717) is 17.7 Å². The van der Waals surface area contributed by atoms with Crippen LogP contribution in [0.15, 0.2) is 47.3 Å². The highest BCUT2D eigenvalue weighted by molar-refractivity contribution is 5.98. The number of hydrogen-bond acceptors (Lipinski definition) is 4. The molecule has 1 aromatic carbocycles. The number of para-hydroxylation sites is 1. The SMILES string of the molecule is C[C@@H]1C[C@@H](C(N)=O)c2ccccc2N1C(=O)CCNC(=O)c1ccoc1. The average molecular weight is 355 g/mol. The van der Waals surface area contributed by atoms with E-state index in [9.17, 15) is 14.4 Å². The lowest BCUT2D eigenvalue weighted by Gasteiger charge is -2.38. The summed E-state index contributed by atoms with van der Waals surface area (Å²) < 4.78 is 4.87. The summed E-state index contributed by atoms with van der Waals surface area (Å²) in [5.41, 5.74) is 7.42. The summed E-state index contributed by atoms with van der Waals surface area (Å²) >= 11 is 0. The zero-order valence-electron chi connectivity index (χ0n) is 14.5. The number of nitrogens with one attached hydrogen (secondary N) is 1. The van der Waals surface area contributed by atoms with Crippen molar-refractivity contribution in [3.63, 3.8) is 0 Å². The Bertz CT molecular complexity index is 816. The minimum absolute atomic E-state index is 0.111. The molecule has 0 bridgehead atoms. The van der Waals surface area contributed by atoms with Crippen LogP contribution in [0.5, 0.6) is 0 Å². The average Bonchev–Trinajstić information content (AvgIpc) is 3.15. The van der Waals surface area contributed by atoms with Crippen LogP contribution in [-0.4, -0.2) is 30.3 Å². The first-order chi connectivity index (χ1) is 12.5. The highest BCUT2D eigenvalue weighted by Crippen LogP contribution is 2.38. The minimum atomic E-state index is -0.397. The summed E-state index contributed by atoms with van der Waals surface area (Å²) in [4.78, 5) is 38.1. The molecule has 2 heterocycles. The van der Waals surface area contributed by atoms with Crippen molar-refractivity contribution in [2.45, 2.75) is 31.7 Å². The molecule has 1 aromatic heterocycles. The third-order valence-electron chi connectivity index (χ3n) is 4.61. The van der Waals surface area contributed by atoms with E-state index in [1.807, 2.05) is 31.2 Å². The zero-order chi connectivity index (χ0) is 18.7. The first kappa shape index (κ1) is 17.7. The van der Waals surface area contributed by atoms with E-state index in [4.69, 9.17) is 10.2 Å². The number of amides is 3. The first-order valence-electron chi connectivity index (χ1n) is 8.49. The second-order valence-corrected chi connectivity index (χ2v) is 6.38. The number of carbonyl (C=O) groups excluding carboxylic acids is 3. The van der Waals surface area contributed by atoms with E-state index in [2.05, 4.69) is 5.32 Å². The number of nitrogens with zero attached hydrogens (tertiary/aromatic N) is 1. The summed E-state index contributed by atoms with van der Waals surface area (Å²) in [7, 11) is 0. The standard InChI is InChI=1S/C19H21N3O4/c1-12-10-15(18(20)24)14-4-2-3-5-16(14)22(12)17(23)6-8-21-19(25)13-7-9-26-11-13/h2-5,7,9,11-12,15H,6,8,10H2,1H3,(H2,20,24)(H,21,25)/t12-,15-/m1/s1. The van der Waals surface area contributed by atoms with Crippen LogP contribution in [0.1, 0.15) is 41.6 Å². The van der Waals surface area contributed by atoms with Gasteiger partial charge in [0.1, 0.15) is 6.26 Å². The largest absolute Gasteiger partial charge is 0.472 e. The molecule has 3 N–H and O–H groups in total. The Balaban J connectivity index is 1.69. The Hall–Kier alpha value is -3.09.